The molecule has 1 aromatic rings. The quantitative estimate of drug-likeness (QED) is 0.719. The van der Waals surface area contributed by atoms with Crippen molar-refractivity contribution in [2.24, 2.45) is 5.73 Å². The van der Waals surface area contributed by atoms with Crippen molar-refractivity contribution in [2.75, 3.05) is 7.11 Å². The first-order valence-electron chi connectivity index (χ1n) is 4.69. The number of rotatable bonds is 4. The fourth-order valence-corrected chi connectivity index (χ4v) is 1.42. The number of carbonyl (C=O) groups is 2. The molecule has 16 heavy (non-hydrogen) atoms. The van der Waals surface area contributed by atoms with E-state index in [2.05, 4.69) is 4.74 Å². The van der Waals surface area contributed by atoms with Gasteiger partial charge >= 0.3 is 11.9 Å². The van der Waals surface area contributed by atoms with Gasteiger partial charge in [0.05, 0.1) is 7.11 Å². The standard InChI is InChI=1S/C11H13NO4/c1-16-11(15)8(9(12)10(13)14)7-5-3-2-4-6-7/h2-6,8-9H,12H2,1H3,(H,13,14)/t8?,9-/m0/s1. The molecule has 0 bridgehead atoms. The average Bonchev–Trinajstić information content (AvgIpc) is 2.30. The molecule has 0 saturated carbocycles. The number of carboxylic acids is 1. The molecule has 2 atom stereocenters. The van der Waals surface area contributed by atoms with E-state index in [9.17, 15) is 9.59 Å². The Hall–Kier alpha value is -1.88. The number of methoxy groups -OCH3 is 1. The van der Waals surface area contributed by atoms with E-state index in [4.69, 9.17) is 10.8 Å². The van der Waals surface area contributed by atoms with E-state index >= 15 is 0 Å². The van der Waals surface area contributed by atoms with Gasteiger partial charge in [-0.15, -0.1) is 0 Å². The number of carboxylic acid groups (broad SMARTS) is 1. The van der Waals surface area contributed by atoms with Crippen molar-refractivity contribution in [3.05, 3.63) is 35.9 Å². The molecule has 86 valence electrons. The summed E-state index contributed by atoms with van der Waals surface area (Å²) in [4.78, 5) is 22.3. The van der Waals surface area contributed by atoms with Gasteiger partial charge in [0.25, 0.3) is 0 Å². The van der Waals surface area contributed by atoms with Crippen molar-refractivity contribution in [3.8, 4) is 0 Å². The van der Waals surface area contributed by atoms with Crippen LogP contribution in [0.3, 0.4) is 0 Å². The second kappa shape index (κ2) is 5.27. The maximum Gasteiger partial charge on any atom is 0.321 e. The summed E-state index contributed by atoms with van der Waals surface area (Å²) >= 11 is 0. The van der Waals surface area contributed by atoms with Gasteiger partial charge in [-0.05, 0) is 5.56 Å². The SMILES string of the molecule is COC(=O)C(c1ccccc1)[C@H](N)C(=O)O. The summed E-state index contributed by atoms with van der Waals surface area (Å²) in [7, 11) is 1.20. The first kappa shape index (κ1) is 12.2. The number of benzene rings is 1. The van der Waals surface area contributed by atoms with Crippen molar-refractivity contribution >= 4 is 11.9 Å². The number of hydrogen-bond acceptors (Lipinski definition) is 4. The molecule has 0 aliphatic carbocycles. The van der Waals surface area contributed by atoms with Crippen LogP contribution in [0.5, 0.6) is 0 Å². The van der Waals surface area contributed by atoms with Gasteiger partial charge < -0.3 is 15.6 Å². The molecule has 0 heterocycles. The molecule has 1 unspecified atom stereocenters. The minimum atomic E-state index is -1.31. The third-order valence-electron chi connectivity index (χ3n) is 2.26. The normalized spacial score (nSPS) is 13.9. The average molecular weight is 223 g/mol. The summed E-state index contributed by atoms with van der Waals surface area (Å²) in [5.74, 6) is -2.87. The van der Waals surface area contributed by atoms with Crippen molar-refractivity contribution in [1.82, 2.24) is 0 Å². The predicted octanol–water partition coefficient (Wildman–Crippen LogP) is 0.355. The summed E-state index contributed by atoms with van der Waals surface area (Å²) in [6.45, 7) is 0. The molecular weight excluding hydrogens is 210 g/mol. The lowest BCUT2D eigenvalue weighted by molar-refractivity contribution is -0.148. The van der Waals surface area contributed by atoms with Gasteiger partial charge in [0.15, 0.2) is 0 Å². The zero-order valence-corrected chi connectivity index (χ0v) is 8.79. The number of esters is 1. The van der Waals surface area contributed by atoms with E-state index in [-0.39, 0.29) is 0 Å². The Balaban J connectivity index is 3.06. The van der Waals surface area contributed by atoms with E-state index in [0.29, 0.717) is 5.56 Å². The van der Waals surface area contributed by atoms with Crippen molar-refractivity contribution in [2.45, 2.75) is 12.0 Å². The van der Waals surface area contributed by atoms with Crippen molar-refractivity contribution < 1.29 is 19.4 Å². The third-order valence-corrected chi connectivity index (χ3v) is 2.26. The summed E-state index contributed by atoms with van der Waals surface area (Å²) in [6.07, 6.45) is 0. The zero-order valence-electron chi connectivity index (χ0n) is 8.79. The van der Waals surface area contributed by atoms with Gasteiger partial charge in [0.1, 0.15) is 12.0 Å². The van der Waals surface area contributed by atoms with Crippen LogP contribution in [0, 0.1) is 0 Å². The lowest BCUT2D eigenvalue weighted by Gasteiger charge is -2.18. The van der Waals surface area contributed by atoms with E-state index in [1.165, 1.54) is 7.11 Å². The first-order chi connectivity index (χ1) is 7.57. The highest BCUT2D eigenvalue weighted by Gasteiger charge is 2.32. The molecule has 0 spiro atoms. The van der Waals surface area contributed by atoms with Crippen LogP contribution >= 0.6 is 0 Å². The van der Waals surface area contributed by atoms with E-state index in [1.807, 2.05) is 0 Å². The van der Waals surface area contributed by atoms with Gasteiger partial charge in [-0.1, -0.05) is 30.3 Å². The molecule has 0 fully saturated rings. The second-order valence-electron chi connectivity index (χ2n) is 3.28. The molecule has 1 aromatic carbocycles. The molecular formula is C11H13NO4. The second-order valence-corrected chi connectivity index (χ2v) is 3.28. The molecule has 0 aliphatic heterocycles. The smallest absolute Gasteiger partial charge is 0.321 e. The minimum Gasteiger partial charge on any atom is -0.480 e. The molecule has 5 heteroatoms. The minimum absolute atomic E-state index is 0.532. The van der Waals surface area contributed by atoms with E-state index in [0.717, 1.165) is 0 Å². The van der Waals surface area contributed by atoms with E-state index < -0.39 is 23.9 Å². The van der Waals surface area contributed by atoms with Crippen LogP contribution in [-0.4, -0.2) is 30.2 Å². The molecule has 0 saturated heterocycles. The molecule has 0 aromatic heterocycles. The van der Waals surface area contributed by atoms with Gasteiger partial charge in [-0.2, -0.15) is 0 Å². The van der Waals surface area contributed by atoms with Crippen LogP contribution in [-0.2, 0) is 14.3 Å². The monoisotopic (exact) mass is 223 g/mol. The number of carbonyl (C=O) groups excluding carboxylic acids is 1. The molecule has 3 N–H and O–H groups in total. The predicted molar refractivity (Wildman–Crippen MR) is 56.8 cm³/mol. The van der Waals surface area contributed by atoms with Gasteiger partial charge in [-0.3, -0.25) is 9.59 Å². The van der Waals surface area contributed by atoms with Crippen LogP contribution in [0.15, 0.2) is 30.3 Å². The lowest BCUT2D eigenvalue weighted by Crippen LogP contribution is -2.40. The van der Waals surface area contributed by atoms with Crippen LogP contribution in [0.4, 0.5) is 0 Å². The lowest BCUT2D eigenvalue weighted by atomic mass is 9.92. The largest absolute Gasteiger partial charge is 0.480 e. The highest BCUT2D eigenvalue weighted by Crippen LogP contribution is 2.20. The fraction of sp³-hybridized carbons (Fsp3) is 0.273. The molecule has 0 aliphatic rings. The first-order valence-corrected chi connectivity index (χ1v) is 4.69. The maximum atomic E-state index is 11.5. The van der Waals surface area contributed by atoms with Crippen molar-refractivity contribution in [3.63, 3.8) is 0 Å². The molecule has 0 radical (unpaired) electrons. The number of aliphatic carboxylic acids is 1. The van der Waals surface area contributed by atoms with Gasteiger partial charge in [0.2, 0.25) is 0 Å². The summed E-state index contributed by atoms with van der Waals surface area (Å²) < 4.78 is 4.56. The highest BCUT2D eigenvalue weighted by atomic mass is 16.5. The molecule has 1 rings (SSSR count). The Morgan fingerprint density at radius 2 is 1.88 bits per heavy atom. The van der Waals surface area contributed by atoms with E-state index in [1.54, 1.807) is 30.3 Å². The topological polar surface area (TPSA) is 89.6 Å². The Morgan fingerprint density at radius 3 is 2.31 bits per heavy atom. The summed E-state index contributed by atoms with van der Waals surface area (Å²) in [5, 5.41) is 8.83. The van der Waals surface area contributed by atoms with Crippen LogP contribution < -0.4 is 5.73 Å². The fourth-order valence-electron chi connectivity index (χ4n) is 1.42. The summed E-state index contributed by atoms with van der Waals surface area (Å²) in [6, 6.07) is 7.16. The molecule has 0 amide bonds. The Labute approximate surface area is 92.8 Å². The highest BCUT2D eigenvalue weighted by molar-refractivity contribution is 5.87. The Kier molecular flexibility index (Phi) is 4.02. The summed E-state index contributed by atoms with van der Waals surface area (Å²) in [5.41, 5.74) is 6.00. The van der Waals surface area contributed by atoms with Gasteiger partial charge in [-0.25, -0.2) is 0 Å². The maximum absolute atomic E-state index is 11.5. The number of nitrogens with two attached hydrogens (primary N) is 1. The van der Waals surface area contributed by atoms with Crippen molar-refractivity contribution in [1.29, 1.82) is 0 Å². The third kappa shape index (κ3) is 2.58. The number of hydrogen-bond donors (Lipinski definition) is 2. The Bertz CT molecular complexity index is 377. The Morgan fingerprint density at radius 1 is 1.31 bits per heavy atom. The molecule has 5 nitrogen and oxygen atoms in total. The van der Waals surface area contributed by atoms with Crippen LogP contribution in [0.1, 0.15) is 11.5 Å². The zero-order chi connectivity index (χ0) is 12.1. The van der Waals surface area contributed by atoms with Crippen LogP contribution in [0.2, 0.25) is 0 Å². The van der Waals surface area contributed by atoms with Crippen LogP contribution in [0.25, 0.3) is 0 Å². The van der Waals surface area contributed by atoms with Gasteiger partial charge in [0, 0.05) is 0 Å². The number of ether oxygens (including phenoxy) is 1.